The van der Waals surface area contributed by atoms with Crippen molar-refractivity contribution in [1.82, 2.24) is 4.90 Å². The van der Waals surface area contributed by atoms with E-state index in [1.807, 2.05) is 6.92 Å². The normalized spacial score (nSPS) is 20.7. The van der Waals surface area contributed by atoms with Gasteiger partial charge in [0.15, 0.2) is 0 Å². The zero-order valence-corrected chi connectivity index (χ0v) is 10.2. The molecule has 1 rings (SSSR count). The monoisotopic (exact) mass is 213 g/mol. The first kappa shape index (κ1) is 12.5. The van der Waals surface area contributed by atoms with Crippen molar-refractivity contribution < 1.29 is 9.90 Å². The fourth-order valence-corrected chi connectivity index (χ4v) is 1.94. The summed E-state index contributed by atoms with van der Waals surface area (Å²) in [6, 6.07) is 0.561. The molecular formula is C12H23NO2. The number of nitrogens with zero attached hydrogens (tertiary/aromatic N) is 1. The molecule has 3 nitrogen and oxygen atoms in total. The molecule has 0 bridgehead atoms. The molecule has 0 aromatic heterocycles. The average molecular weight is 213 g/mol. The topological polar surface area (TPSA) is 40.5 Å². The van der Waals surface area contributed by atoms with Gasteiger partial charge in [0, 0.05) is 18.6 Å². The third-order valence-corrected chi connectivity index (χ3v) is 3.47. The van der Waals surface area contributed by atoms with Gasteiger partial charge in [0.05, 0.1) is 5.92 Å². The van der Waals surface area contributed by atoms with Crippen molar-refractivity contribution in [2.75, 3.05) is 6.54 Å². The predicted octanol–water partition coefficient (Wildman–Crippen LogP) is 2.22. The smallest absolute Gasteiger partial charge is 0.307 e. The van der Waals surface area contributed by atoms with Crippen molar-refractivity contribution in [2.24, 2.45) is 11.8 Å². The third-order valence-electron chi connectivity index (χ3n) is 3.47. The van der Waals surface area contributed by atoms with Crippen LogP contribution >= 0.6 is 0 Å². The average Bonchev–Trinajstić information content (AvgIpc) is 2.94. The lowest BCUT2D eigenvalue weighted by molar-refractivity contribution is -0.143. The van der Waals surface area contributed by atoms with Gasteiger partial charge in [-0.05, 0) is 39.5 Å². The zero-order chi connectivity index (χ0) is 11.6. The van der Waals surface area contributed by atoms with Crippen LogP contribution in [0.4, 0.5) is 0 Å². The number of carbonyl (C=O) groups is 1. The highest BCUT2D eigenvalue weighted by Gasteiger charge is 2.31. The Morgan fingerprint density at radius 2 is 1.87 bits per heavy atom. The van der Waals surface area contributed by atoms with Gasteiger partial charge in [-0.15, -0.1) is 0 Å². The second-order valence-electron chi connectivity index (χ2n) is 5.10. The molecule has 0 heterocycles. The van der Waals surface area contributed by atoms with Gasteiger partial charge < -0.3 is 5.11 Å². The molecule has 0 amide bonds. The van der Waals surface area contributed by atoms with Crippen LogP contribution in [0.3, 0.4) is 0 Å². The van der Waals surface area contributed by atoms with Crippen molar-refractivity contribution in [2.45, 2.75) is 52.6 Å². The van der Waals surface area contributed by atoms with Gasteiger partial charge >= 0.3 is 5.97 Å². The first-order valence-corrected chi connectivity index (χ1v) is 5.92. The van der Waals surface area contributed by atoms with E-state index in [9.17, 15) is 4.79 Å². The Bertz CT molecular complexity index is 224. The molecule has 0 spiro atoms. The van der Waals surface area contributed by atoms with E-state index >= 15 is 0 Å². The largest absolute Gasteiger partial charge is 0.481 e. The third kappa shape index (κ3) is 3.49. The molecule has 1 aliphatic carbocycles. The number of aliphatic carboxylic acids is 1. The fourth-order valence-electron chi connectivity index (χ4n) is 1.94. The van der Waals surface area contributed by atoms with Gasteiger partial charge in [-0.25, -0.2) is 0 Å². The molecule has 1 saturated carbocycles. The van der Waals surface area contributed by atoms with Crippen LogP contribution in [0.1, 0.15) is 40.5 Å². The first-order chi connectivity index (χ1) is 6.93. The number of carboxylic acid groups (broad SMARTS) is 1. The summed E-state index contributed by atoms with van der Waals surface area (Å²) >= 11 is 0. The van der Waals surface area contributed by atoms with Gasteiger partial charge in [0.1, 0.15) is 0 Å². The van der Waals surface area contributed by atoms with Crippen LogP contribution < -0.4 is 0 Å². The fraction of sp³-hybridized carbons (Fsp3) is 0.917. The van der Waals surface area contributed by atoms with Gasteiger partial charge in [0.25, 0.3) is 0 Å². The van der Waals surface area contributed by atoms with E-state index in [4.69, 9.17) is 5.11 Å². The number of hydrogen-bond donors (Lipinski definition) is 1. The summed E-state index contributed by atoms with van der Waals surface area (Å²) in [5.74, 6) is -0.161. The molecule has 1 aliphatic rings. The minimum atomic E-state index is -0.691. The Labute approximate surface area is 92.5 Å². The summed E-state index contributed by atoms with van der Waals surface area (Å²) < 4.78 is 0. The van der Waals surface area contributed by atoms with Crippen LogP contribution in [0, 0.1) is 11.8 Å². The van der Waals surface area contributed by atoms with Crippen LogP contribution in [0.5, 0.6) is 0 Å². The molecule has 3 heteroatoms. The van der Waals surface area contributed by atoms with E-state index < -0.39 is 5.97 Å². The molecule has 0 aliphatic heterocycles. The Kier molecular flexibility index (Phi) is 4.14. The Morgan fingerprint density at radius 1 is 1.33 bits per heavy atom. The van der Waals surface area contributed by atoms with E-state index in [1.165, 1.54) is 12.8 Å². The summed E-state index contributed by atoms with van der Waals surface area (Å²) in [7, 11) is 0. The van der Waals surface area contributed by atoms with Gasteiger partial charge in [-0.3, -0.25) is 9.69 Å². The van der Waals surface area contributed by atoms with E-state index in [-0.39, 0.29) is 12.0 Å². The number of hydrogen-bond acceptors (Lipinski definition) is 2. The number of rotatable bonds is 6. The summed E-state index contributed by atoms with van der Waals surface area (Å²) in [6.07, 6.45) is 2.63. The van der Waals surface area contributed by atoms with Gasteiger partial charge in [0.2, 0.25) is 0 Å². The lowest BCUT2D eigenvalue weighted by Crippen LogP contribution is -2.45. The van der Waals surface area contributed by atoms with Crippen molar-refractivity contribution in [3.8, 4) is 0 Å². The lowest BCUT2D eigenvalue weighted by atomic mass is 10.0. The van der Waals surface area contributed by atoms with Gasteiger partial charge in [-0.1, -0.05) is 6.92 Å². The minimum absolute atomic E-state index is 0.128. The van der Waals surface area contributed by atoms with E-state index in [0.29, 0.717) is 6.04 Å². The maximum absolute atomic E-state index is 10.9. The highest BCUT2D eigenvalue weighted by atomic mass is 16.4. The van der Waals surface area contributed by atoms with Crippen LogP contribution in [0.2, 0.25) is 0 Å². The molecule has 0 radical (unpaired) electrons. The molecule has 1 fully saturated rings. The molecule has 1 N–H and O–H groups in total. The summed E-state index contributed by atoms with van der Waals surface area (Å²) in [6.45, 7) is 9.19. The summed E-state index contributed by atoms with van der Waals surface area (Å²) in [5, 5.41) is 9.01. The Morgan fingerprint density at radius 3 is 2.20 bits per heavy atom. The van der Waals surface area contributed by atoms with E-state index in [0.717, 1.165) is 12.5 Å². The van der Waals surface area contributed by atoms with Gasteiger partial charge in [-0.2, -0.15) is 0 Å². The second-order valence-corrected chi connectivity index (χ2v) is 5.10. The molecule has 0 aromatic rings. The van der Waals surface area contributed by atoms with E-state index in [1.54, 1.807) is 6.92 Å². The maximum Gasteiger partial charge on any atom is 0.307 e. The molecule has 0 saturated heterocycles. The summed E-state index contributed by atoms with van der Waals surface area (Å²) in [4.78, 5) is 13.3. The molecule has 0 aromatic carbocycles. The van der Waals surface area contributed by atoms with Crippen molar-refractivity contribution >= 4 is 5.97 Å². The highest BCUT2D eigenvalue weighted by Crippen LogP contribution is 2.31. The van der Waals surface area contributed by atoms with E-state index in [2.05, 4.69) is 18.7 Å². The summed E-state index contributed by atoms with van der Waals surface area (Å²) in [5.41, 5.74) is 0. The minimum Gasteiger partial charge on any atom is -0.481 e. The first-order valence-electron chi connectivity index (χ1n) is 5.92. The highest BCUT2D eigenvalue weighted by molar-refractivity contribution is 5.70. The van der Waals surface area contributed by atoms with Crippen LogP contribution in [-0.4, -0.2) is 34.6 Å². The molecule has 2 atom stereocenters. The maximum atomic E-state index is 10.9. The molecule has 2 unspecified atom stereocenters. The molecule has 88 valence electrons. The SMILES string of the molecule is CC(C(=O)O)C(C)N(CC1CC1)C(C)C. The lowest BCUT2D eigenvalue weighted by Gasteiger charge is -2.35. The standard InChI is InChI=1S/C12H23NO2/c1-8(2)13(7-11-5-6-11)10(4)9(3)12(14)15/h8-11H,5-7H2,1-4H3,(H,14,15). The second kappa shape index (κ2) is 4.97. The number of carboxylic acids is 1. The molecule has 15 heavy (non-hydrogen) atoms. The quantitative estimate of drug-likeness (QED) is 0.735. The predicted molar refractivity (Wildman–Crippen MR) is 60.8 cm³/mol. The van der Waals surface area contributed by atoms with Crippen molar-refractivity contribution in [3.05, 3.63) is 0 Å². The van der Waals surface area contributed by atoms with Crippen LogP contribution in [-0.2, 0) is 4.79 Å². The van der Waals surface area contributed by atoms with Crippen molar-refractivity contribution in [1.29, 1.82) is 0 Å². The van der Waals surface area contributed by atoms with Crippen LogP contribution in [0.15, 0.2) is 0 Å². The Hall–Kier alpha value is -0.570. The Balaban J connectivity index is 2.56. The van der Waals surface area contributed by atoms with Crippen molar-refractivity contribution in [3.63, 3.8) is 0 Å². The van der Waals surface area contributed by atoms with Crippen LogP contribution in [0.25, 0.3) is 0 Å². The zero-order valence-electron chi connectivity index (χ0n) is 10.2. The molecular weight excluding hydrogens is 190 g/mol.